The van der Waals surface area contributed by atoms with Gasteiger partial charge in [-0.1, -0.05) is 11.6 Å². The molecule has 1 rings (SSSR count). The minimum atomic E-state index is -5.12. The molecule has 0 amide bonds. The second kappa shape index (κ2) is 4.34. The molecule has 2 nitrogen and oxygen atoms in total. The van der Waals surface area contributed by atoms with Gasteiger partial charge in [-0.25, -0.2) is 4.98 Å². The van der Waals surface area contributed by atoms with Crippen molar-refractivity contribution in [2.24, 2.45) is 0 Å². The molecule has 17 heavy (non-hydrogen) atoms. The third-order valence-electron chi connectivity index (χ3n) is 1.80. The van der Waals surface area contributed by atoms with E-state index in [1.54, 1.807) is 0 Å². The second-order valence-corrected chi connectivity index (χ2v) is 3.40. The highest BCUT2D eigenvalue weighted by molar-refractivity contribution is 6.30. The molecule has 1 aromatic rings. The molecule has 1 N–H and O–H groups in total. The minimum absolute atomic E-state index is 0.119. The van der Waals surface area contributed by atoms with Gasteiger partial charge in [0.2, 0.25) is 0 Å². The first-order chi connectivity index (χ1) is 7.53. The van der Waals surface area contributed by atoms with Gasteiger partial charge in [0, 0.05) is 11.8 Å². The summed E-state index contributed by atoms with van der Waals surface area (Å²) in [6.45, 7) is 0. The Kier molecular flexibility index (Phi) is 3.58. The van der Waals surface area contributed by atoms with E-state index in [1.165, 1.54) is 0 Å². The van der Waals surface area contributed by atoms with E-state index in [2.05, 4.69) is 4.98 Å². The fraction of sp³-hybridized carbons (Fsp3) is 0.375. The molecule has 0 saturated heterocycles. The molecule has 0 aliphatic rings. The van der Waals surface area contributed by atoms with Crippen molar-refractivity contribution in [2.75, 3.05) is 0 Å². The van der Waals surface area contributed by atoms with Gasteiger partial charge in [-0.3, -0.25) is 0 Å². The Bertz CT molecular complexity index is 415. The van der Waals surface area contributed by atoms with Crippen LogP contribution in [0.1, 0.15) is 17.2 Å². The summed E-state index contributed by atoms with van der Waals surface area (Å²) in [6, 6.07) is 0.119. The lowest BCUT2D eigenvalue weighted by Crippen LogP contribution is -2.21. The molecule has 0 saturated carbocycles. The molecule has 0 bridgehead atoms. The van der Waals surface area contributed by atoms with Crippen molar-refractivity contribution in [1.29, 1.82) is 0 Å². The van der Waals surface area contributed by atoms with Gasteiger partial charge >= 0.3 is 12.4 Å². The Morgan fingerprint density at radius 2 is 1.71 bits per heavy atom. The van der Waals surface area contributed by atoms with E-state index in [1.807, 2.05) is 0 Å². The number of hydrogen-bond donors (Lipinski definition) is 1. The Labute approximate surface area is 95.8 Å². The summed E-state index contributed by atoms with van der Waals surface area (Å²) < 4.78 is 73.0. The number of nitrogens with zero attached hydrogens (tertiary/aromatic N) is 1. The first-order valence-electron chi connectivity index (χ1n) is 4.01. The Balaban J connectivity index is 3.25. The molecule has 9 heteroatoms. The van der Waals surface area contributed by atoms with Crippen molar-refractivity contribution >= 4 is 11.6 Å². The second-order valence-electron chi connectivity index (χ2n) is 3.05. The molecular weight excluding hydrogens is 276 g/mol. The number of pyridine rings is 1. The molecule has 1 heterocycles. The third-order valence-corrected chi connectivity index (χ3v) is 2.11. The summed E-state index contributed by atoms with van der Waals surface area (Å²) in [5.41, 5.74) is -2.55. The zero-order valence-electron chi connectivity index (χ0n) is 7.77. The monoisotopic (exact) mass is 279 g/mol. The Hall–Kier alpha value is -1.02. The standard InChI is InChI=1S/C8H4ClF6NO/c9-6-4(5(17)8(13,14)15)1-3(2-16-6)7(10,11)12/h1-2,5,17H/t5-/m0/s1. The van der Waals surface area contributed by atoms with Crippen molar-refractivity contribution in [3.63, 3.8) is 0 Å². The van der Waals surface area contributed by atoms with Crippen LogP contribution in [0, 0.1) is 0 Å². The van der Waals surface area contributed by atoms with E-state index in [0.717, 1.165) is 0 Å². The van der Waals surface area contributed by atoms with E-state index in [4.69, 9.17) is 16.7 Å². The topological polar surface area (TPSA) is 33.1 Å². The lowest BCUT2D eigenvalue weighted by molar-refractivity contribution is -0.207. The van der Waals surface area contributed by atoms with Crippen LogP contribution >= 0.6 is 11.6 Å². The average molecular weight is 280 g/mol. The third kappa shape index (κ3) is 3.22. The number of halogens is 7. The van der Waals surface area contributed by atoms with Gasteiger partial charge in [-0.05, 0) is 6.07 Å². The number of alkyl halides is 6. The summed E-state index contributed by atoms with van der Waals surface area (Å²) >= 11 is 5.21. The SMILES string of the molecule is O[C@@H](c1cc(C(F)(F)F)cnc1Cl)C(F)(F)F. The van der Waals surface area contributed by atoms with Crippen LogP contribution in [-0.4, -0.2) is 16.3 Å². The maximum absolute atomic E-state index is 12.2. The minimum Gasteiger partial charge on any atom is -0.379 e. The quantitative estimate of drug-likeness (QED) is 0.632. The van der Waals surface area contributed by atoms with Crippen molar-refractivity contribution in [3.05, 3.63) is 28.5 Å². The fourth-order valence-electron chi connectivity index (χ4n) is 0.988. The van der Waals surface area contributed by atoms with Crippen LogP contribution in [0.25, 0.3) is 0 Å². The van der Waals surface area contributed by atoms with Crippen molar-refractivity contribution in [1.82, 2.24) is 4.98 Å². The summed E-state index contributed by atoms with van der Waals surface area (Å²) in [7, 11) is 0. The van der Waals surface area contributed by atoms with Gasteiger partial charge in [0.15, 0.2) is 6.10 Å². The molecule has 0 fully saturated rings. The van der Waals surface area contributed by atoms with Crippen LogP contribution in [0.15, 0.2) is 12.3 Å². The number of hydrogen-bond acceptors (Lipinski definition) is 2. The smallest absolute Gasteiger partial charge is 0.379 e. The maximum Gasteiger partial charge on any atom is 0.418 e. The highest BCUT2D eigenvalue weighted by Crippen LogP contribution is 2.38. The lowest BCUT2D eigenvalue weighted by Gasteiger charge is -2.17. The predicted octanol–water partition coefficient (Wildman–Crippen LogP) is 3.35. The van der Waals surface area contributed by atoms with E-state index >= 15 is 0 Å². The summed E-state index contributed by atoms with van der Waals surface area (Å²) in [5, 5.41) is 7.98. The van der Waals surface area contributed by atoms with Crippen molar-refractivity contribution in [2.45, 2.75) is 18.5 Å². The molecule has 96 valence electrons. The van der Waals surface area contributed by atoms with Gasteiger partial charge in [0.25, 0.3) is 0 Å². The fourth-order valence-corrected chi connectivity index (χ4v) is 1.19. The number of aliphatic hydroxyl groups excluding tert-OH is 1. The molecule has 1 aromatic heterocycles. The zero-order valence-corrected chi connectivity index (χ0v) is 8.53. The van der Waals surface area contributed by atoms with E-state index in [9.17, 15) is 26.3 Å². The molecule has 0 spiro atoms. The van der Waals surface area contributed by atoms with Crippen molar-refractivity contribution < 1.29 is 31.4 Å². The first-order valence-corrected chi connectivity index (χ1v) is 4.38. The first kappa shape index (κ1) is 14.0. The molecule has 0 aromatic carbocycles. The normalized spacial score (nSPS) is 14.8. The molecule has 1 atom stereocenters. The van der Waals surface area contributed by atoms with Gasteiger partial charge in [-0.2, -0.15) is 26.3 Å². The lowest BCUT2D eigenvalue weighted by atomic mass is 10.1. The van der Waals surface area contributed by atoms with Crippen LogP contribution in [0.4, 0.5) is 26.3 Å². The molecule has 0 unspecified atom stereocenters. The van der Waals surface area contributed by atoms with Crippen LogP contribution in [0.5, 0.6) is 0 Å². The van der Waals surface area contributed by atoms with E-state index in [0.29, 0.717) is 0 Å². The summed E-state index contributed by atoms with van der Waals surface area (Å²) in [5.74, 6) is 0. The Morgan fingerprint density at radius 3 is 2.12 bits per heavy atom. The van der Waals surface area contributed by atoms with Crippen LogP contribution < -0.4 is 0 Å². The van der Waals surface area contributed by atoms with Crippen LogP contribution in [0.3, 0.4) is 0 Å². The van der Waals surface area contributed by atoms with Gasteiger partial charge < -0.3 is 5.11 Å². The molecule has 0 aliphatic carbocycles. The van der Waals surface area contributed by atoms with E-state index in [-0.39, 0.29) is 12.3 Å². The predicted molar refractivity (Wildman–Crippen MR) is 45.3 cm³/mol. The van der Waals surface area contributed by atoms with Crippen molar-refractivity contribution in [3.8, 4) is 0 Å². The maximum atomic E-state index is 12.2. The van der Waals surface area contributed by atoms with E-state index < -0.39 is 34.7 Å². The number of aliphatic hydroxyl groups is 1. The molecule has 0 aliphatic heterocycles. The van der Waals surface area contributed by atoms with Crippen LogP contribution in [0.2, 0.25) is 5.15 Å². The van der Waals surface area contributed by atoms with Crippen LogP contribution in [-0.2, 0) is 6.18 Å². The Morgan fingerprint density at radius 1 is 1.18 bits per heavy atom. The zero-order chi connectivity index (χ0) is 13.4. The molecule has 0 radical (unpaired) electrons. The van der Waals surface area contributed by atoms with Gasteiger partial charge in [0.1, 0.15) is 5.15 Å². The molecular formula is C8H4ClF6NO. The average Bonchev–Trinajstić information content (AvgIpc) is 2.14. The summed E-state index contributed by atoms with van der Waals surface area (Å²) in [4.78, 5) is 2.97. The summed E-state index contributed by atoms with van der Waals surface area (Å²) in [6.07, 6.45) is -12.8. The highest BCUT2D eigenvalue weighted by atomic mass is 35.5. The number of aromatic nitrogens is 1. The van der Waals surface area contributed by atoms with Gasteiger partial charge in [0.05, 0.1) is 5.56 Å². The number of rotatable bonds is 1. The van der Waals surface area contributed by atoms with Gasteiger partial charge in [-0.15, -0.1) is 0 Å². The highest BCUT2D eigenvalue weighted by Gasteiger charge is 2.42. The largest absolute Gasteiger partial charge is 0.418 e.